The number of hydrogen-bond acceptors (Lipinski definition) is 3. The van der Waals surface area contributed by atoms with Gasteiger partial charge in [-0.3, -0.25) is 0 Å². The Kier molecular flexibility index (Phi) is 5.09. The topological polar surface area (TPSA) is 93.4 Å². The lowest BCUT2D eigenvalue weighted by atomic mass is 10.0. The van der Waals surface area contributed by atoms with E-state index in [1.165, 1.54) is 11.0 Å². The van der Waals surface area contributed by atoms with Crippen molar-refractivity contribution in [1.29, 1.82) is 5.26 Å². The average Bonchev–Trinajstić information content (AvgIpc) is 2.38. The van der Waals surface area contributed by atoms with E-state index in [0.29, 0.717) is 5.56 Å². The van der Waals surface area contributed by atoms with Gasteiger partial charge in [0.05, 0.1) is 23.7 Å². The molecule has 1 aromatic rings. The summed E-state index contributed by atoms with van der Waals surface area (Å²) in [6, 6.07) is 4.83. The Morgan fingerprint density at radius 2 is 2.05 bits per heavy atom. The fourth-order valence-corrected chi connectivity index (χ4v) is 1.82. The predicted octanol–water partition coefficient (Wildman–Crippen LogP) is 2.38. The Hall–Kier alpha value is -2.55. The quantitative estimate of drug-likeness (QED) is 0.882. The lowest BCUT2D eigenvalue weighted by Gasteiger charge is -2.19. The smallest absolute Gasteiger partial charge is 0.337 e. The van der Waals surface area contributed by atoms with Crippen LogP contribution >= 0.6 is 0 Å². The lowest BCUT2D eigenvalue weighted by Crippen LogP contribution is -2.32. The number of nitriles is 1. The Labute approximate surface area is 117 Å². The molecule has 0 aliphatic heterocycles. The zero-order chi connectivity index (χ0) is 15.3. The highest BCUT2D eigenvalue weighted by molar-refractivity contribution is 6.01. The molecule has 0 aromatic heterocycles. The van der Waals surface area contributed by atoms with Crippen LogP contribution in [0.5, 0.6) is 0 Å². The SMILES string of the molecule is Cc1cc(C)c(NC(=O)N(C)CCC#N)c(C(=O)O)c1. The first-order valence-corrected chi connectivity index (χ1v) is 6.10. The van der Waals surface area contributed by atoms with Crippen LogP contribution in [-0.4, -0.2) is 35.6 Å². The molecular formula is C14H17N3O3. The summed E-state index contributed by atoms with van der Waals surface area (Å²) in [7, 11) is 1.55. The molecule has 20 heavy (non-hydrogen) atoms. The molecular weight excluding hydrogens is 258 g/mol. The van der Waals surface area contributed by atoms with Gasteiger partial charge in [-0.1, -0.05) is 6.07 Å². The molecule has 0 heterocycles. The monoisotopic (exact) mass is 275 g/mol. The van der Waals surface area contributed by atoms with E-state index in [2.05, 4.69) is 5.32 Å². The number of benzene rings is 1. The number of amides is 2. The molecule has 0 saturated carbocycles. The summed E-state index contributed by atoms with van der Waals surface area (Å²) < 4.78 is 0. The van der Waals surface area contributed by atoms with Crippen LogP contribution in [0.25, 0.3) is 0 Å². The van der Waals surface area contributed by atoms with Crippen molar-refractivity contribution >= 4 is 17.7 Å². The Bertz CT molecular complexity index is 576. The number of nitrogens with zero attached hydrogens (tertiary/aromatic N) is 2. The lowest BCUT2D eigenvalue weighted by molar-refractivity contribution is 0.0698. The van der Waals surface area contributed by atoms with E-state index in [1.54, 1.807) is 27.0 Å². The second-order valence-electron chi connectivity index (χ2n) is 4.57. The van der Waals surface area contributed by atoms with Gasteiger partial charge >= 0.3 is 12.0 Å². The fraction of sp³-hybridized carbons (Fsp3) is 0.357. The van der Waals surface area contributed by atoms with Gasteiger partial charge in [0, 0.05) is 13.6 Å². The number of anilines is 1. The zero-order valence-electron chi connectivity index (χ0n) is 11.7. The predicted molar refractivity (Wildman–Crippen MR) is 74.8 cm³/mol. The largest absolute Gasteiger partial charge is 0.478 e. The van der Waals surface area contributed by atoms with Gasteiger partial charge in [0.15, 0.2) is 0 Å². The summed E-state index contributed by atoms with van der Waals surface area (Å²) >= 11 is 0. The third-order valence-electron chi connectivity index (χ3n) is 2.85. The van der Waals surface area contributed by atoms with Crippen LogP contribution in [0.2, 0.25) is 0 Å². The fourth-order valence-electron chi connectivity index (χ4n) is 1.82. The zero-order valence-corrected chi connectivity index (χ0v) is 11.7. The van der Waals surface area contributed by atoms with Gasteiger partial charge < -0.3 is 15.3 Å². The van der Waals surface area contributed by atoms with Crippen LogP contribution in [0, 0.1) is 25.2 Å². The first kappa shape index (κ1) is 15.5. The summed E-state index contributed by atoms with van der Waals surface area (Å²) in [6.45, 7) is 3.82. The second-order valence-corrected chi connectivity index (χ2v) is 4.57. The molecule has 2 N–H and O–H groups in total. The van der Waals surface area contributed by atoms with Crippen LogP contribution in [0.4, 0.5) is 10.5 Å². The van der Waals surface area contributed by atoms with Gasteiger partial charge in [-0.25, -0.2) is 9.59 Å². The standard InChI is InChI=1S/C14H17N3O3/c1-9-7-10(2)12(11(8-9)13(18)19)16-14(20)17(3)6-4-5-15/h7-8H,4,6H2,1-3H3,(H,16,20)(H,18,19). The molecule has 0 saturated heterocycles. The molecule has 6 heteroatoms. The molecule has 0 radical (unpaired) electrons. The van der Waals surface area contributed by atoms with Crippen molar-refractivity contribution in [3.8, 4) is 6.07 Å². The molecule has 0 unspecified atom stereocenters. The molecule has 2 amide bonds. The van der Waals surface area contributed by atoms with Crippen molar-refractivity contribution in [2.24, 2.45) is 0 Å². The first-order valence-electron chi connectivity index (χ1n) is 6.10. The maximum Gasteiger partial charge on any atom is 0.337 e. The molecule has 0 atom stereocenters. The maximum absolute atomic E-state index is 11.9. The van der Waals surface area contributed by atoms with Crippen molar-refractivity contribution in [2.45, 2.75) is 20.3 Å². The van der Waals surface area contributed by atoms with Gasteiger partial charge in [-0.15, -0.1) is 0 Å². The Balaban J connectivity index is 3.00. The van der Waals surface area contributed by atoms with Crippen molar-refractivity contribution < 1.29 is 14.7 Å². The summed E-state index contributed by atoms with van der Waals surface area (Å²) in [5.74, 6) is -1.09. The molecule has 0 bridgehead atoms. The van der Waals surface area contributed by atoms with E-state index in [0.717, 1.165) is 5.56 Å². The number of carboxylic acids is 1. The number of urea groups is 1. The average molecular weight is 275 g/mol. The van der Waals surface area contributed by atoms with Gasteiger partial charge in [0.1, 0.15) is 0 Å². The molecule has 1 aromatic carbocycles. The minimum absolute atomic E-state index is 0.0598. The third kappa shape index (κ3) is 3.72. The number of aromatic carboxylic acids is 1. The highest BCUT2D eigenvalue weighted by Gasteiger charge is 2.17. The van der Waals surface area contributed by atoms with E-state index in [1.807, 2.05) is 6.07 Å². The number of aryl methyl sites for hydroxylation is 2. The van der Waals surface area contributed by atoms with Crippen LogP contribution < -0.4 is 5.32 Å². The minimum Gasteiger partial charge on any atom is -0.478 e. The van der Waals surface area contributed by atoms with E-state index in [9.17, 15) is 14.7 Å². The molecule has 0 aliphatic rings. The third-order valence-corrected chi connectivity index (χ3v) is 2.85. The number of carboxylic acid groups (broad SMARTS) is 1. The molecule has 1 rings (SSSR count). The van der Waals surface area contributed by atoms with Crippen LogP contribution in [0.3, 0.4) is 0 Å². The highest BCUT2D eigenvalue weighted by atomic mass is 16.4. The number of carbonyl (C=O) groups excluding carboxylic acids is 1. The highest BCUT2D eigenvalue weighted by Crippen LogP contribution is 2.23. The number of hydrogen-bond donors (Lipinski definition) is 2. The van der Waals surface area contributed by atoms with Crippen molar-refractivity contribution in [3.63, 3.8) is 0 Å². The molecule has 0 spiro atoms. The summed E-state index contributed by atoms with van der Waals surface area (Å²) in [5, 5.41) is 20.3. The minimum atomic E-state index is -1.09. The van der Waals surface area contributed by atoms with Crippen LogP contribution in [-0.2, 0) is 0 Å². The number of nitrogens with one attached hydrogen (secondary N) is 1. The number of rotatable bonds is 4. The van der Waals surface area contributed by atoms with E-state index >= 15 is 0 Å². The van der Waals surface area contributed by atoms with E-state index in [4.69, 9.17) is 5.26 Å². The Morgan fingerprint density at radius 1 is 1.40 bits per heavy atom. The first-order chi connectivity index (χ1) is 9.36. The van der Waals surface area contributed by atoms with Crippen molar-refractivity contribution in [2.75, 3.05) is 18.9 Å². The van der Waals surface area contributed by atoms with Gasteiger partial charge in [-0.2, -0.15) is 5.26 Å². The normalized spacial score (nSPS) is 9.70. The maximum atomic E-state index is 11.9. The summed E-state index contributed by atoms with van der Waals surface area (Å²) in [5.41, 5.74) is 1.85. The van der Waals surface area contributed by atoms with Crippen LogP contribution in [0.15, 0.2) is 12.1 Å². The van der Waals surface area contributed by atoms with Crippen molar-refractivity contribution in [1.82, 2.24) is 4.90 Å². The van der Waals surface area contributed by atoms with Gasteiger partial charge in [-0.05, 0) is 31.0 Å². The molecule has 0 aliphatic carbocycles. The molecule has 106 valence electrons. The summed E-state index contributed by atoms with van der Waals surface area (Å²) in [4.78, 5) is 24.5. The molecule has 0 fully saturated rings. The van der Waals surface area contributed by atoms with Crippen molar-refractivity contribution in [3.05, 3.63) is 28.8 Å². The van der Waals surface area contributed by atoms with E-state index < -0.39 is 12.0 Å². The van der Waals surface area contributed by atoms with Gasteiger partial charge in [0.2, 0.25) is 0 Å². The molecule has 6 nitrogen and oxygen atoms in total. The Morgan fingerprint density at radius 3 is 2.60 bits per heavy atom. The second kappa shape index (κ2) is 6.57. The van der Waals surface area contributed by atoms with Crippen LogP contribution in [0.1, 0.15) is 27.9 Å². The number of carbonyl (C=O) groups is 2. The summed E-state index contributed by atoms with van der Waals surface area (Å²) in [6.07, 6.45) is 0.225. The van der Waals surface area contributed by atoms with Gasteiger partial charge in [0.25, 0.3) is 0 Å². The van der Waals surface area contributed by atoms with E-state index in [-0.39, 0.29) is 24.2 Å².